The Morgan fingerprint density at radius 1 is 1.00 bits per heavy atom. The largest absolute Gasteiger partial charge is 0.330 e. The van der Waals surface area contributed by atoms with Crippen molar-refractivity contribution < 1.29 is 0 Å². The zero-order valence-corrected chi connectivity index (χ0v) is 11.7. The summed E-state index contributed by atoms with van der Waals surface area (Å²) in [5.74, 6) is 2.72. The molecule has 1 saturated carbocycles. The summed E-state index contributed by atoms with van der Waals surface area (Å²) in [5.41, 5.74) is 5.67. The van der Waals surface area contributed by atoms with Gasteiger partial charge in [0.1, 0.15) is 0 Å². The molecule has 2 rings (SSSR count). The standard InChI is InChI=1S/C15H30N2/c1-12-4-3-5-13(2)15(12)17-10-7-14(6-9-16)8-11-17/h12-15H,3-11,16H2,1-2H3. The summed E-state index contributed by atoms with van der Waals surface area (Å²) in [6.07, 6.45) is 8.34. The van der Waals surface area contributed by atoms with E-state index in [1.54, 1.807) is 0 Å². The molecule has 1 saturated heterocycles. The fraction of sp³-hybridized carbons (Fsp3) is 1.00. The van der Waals surface area contributed by atoms with Gasteiger partial charge in [-0.25, -0.2) is 0 Å². The smallest absolute Gasteiger partial charge is 0.0146 e. The van der Waals surface area contributed by atoms with Crippen molar-refractivity contribution in [2.75, 3.05) is 19.6 Å². The lowest BCUT2D eigenvalue weighted by Gasteiger charge is -2.45. The topological polar surface area (TPSA) is 29.3 Å². The minimum atomic E-state index is 0.863. The molecule has 1 aliphatic carbocycles. The second kappa shape index (κ2) is 6.19. The predicted molar refractivity (Wildman–Crippen MR) is 73.9 cm³/mol. The Labute approximate surface area is 107 Å². The molecule has 0 aromatic rings. The first-order valence-electron chi connectivity index (χ1n) is 7.66. The lowest BCUT2D eigenvalue weighted by atomic mass is 9.77. The molecule has 2 fully saturated rings. The summed E-state index contributed by atoms with van der Waals surface area (Å²) in [5, 5.41) is 0. The van der Waals surface area contributed by atoms with Crippen LogP contribution in [0.1, 0.15) is 52.4 Å². The Balaban J connectivity index is 1.86. The molecule has 17 heavy (non-hydrogen) atoms. The van der Waals surface area contributed by atoms with Crippen molar-refractivity contribution in [1.82, 2.24) is 4.90 Å². The summed E-state index contributed by atoms with van der Waals surface area (Å²) in [6.45, 7) is 8.45. The molecule has 0 amide bonds. The van der Waals surface area contributed by atoms with Gasteiger partial charge in [0.05, 0.1) is 0 Å². The van der Waals surface area contributed by atoms with Crippen molar-refractivity contribution in [2.45, 2.75) is 58.4 Å². The van der Waals surface area contributed by atoms with Gasteiger partial charge in [-0.15, -0.1) is 0 Å². The first-order valence-corrected chi connectivity index (χ1v) is 7.66. The Kier molecular flexibility index (Phi) is 4.87. The molecule has 0 aromatic heterocycles. The molecular formula is C15H30N2. The highest BCUT2D eigenvalue weighted by Crippen LogP contribution is 2.35. The number of nitrogens with zero attached hydrogens (tertiary/aromatic N) is 1. The van der Waals surface area contributed by atoms with Crippen LogP contribution in [-0.4, -0.2) is 30.6 Å². The minimum Gasteiger partial charge on any atom is -0.330 e. The molecule has 100 valence electrons. The normalized spacial score (nSPS) is 37.2. The number of likely N-dealkylation sites (tertiary alicyclic amines) is 1. The Bertz CT molecular complexity index is 211. The predicted octanol–water partition coefficient (Wildman–Crippen LogP) is 2.87. The highest BCUT2D eigenvalue weighted by molar-refractivity contribution is 4.88. The molecule has 2 aliphatic rings. The van der Waals surface area contributed by atoms with Crippen LogP contribution >= 0.6 is 0 Å². The monoisotopic (exact) mass is 238 g/mol. The highest BCUT2D eigenvalue weighted by Gasteiger charge is 2.34. The molecule has 0 radical (unpaired) electrons. The number of hydrogen-bond donors (Lipinski definition) is 1. The van der Waals surface area contributed by atoms with Gasteiger partial charge in [0.25, 0.3) is 0 Å². The van der Waals surface area contributed by atoms with Crippen LogP contribution in [0.2, 0.25) is 0 Å². The van der Waals surface area contributed by atoms with E-state index >= 15 is 0 Å². The van der Waals surface area contributed by atoms with Gasteiger partial charge >= 0.3 is 0 Å². The van der Waals surface area contributed by atoms with Crippen LogP contribution in [0.5, 0.6) is 0 Å². The fourth-order valence-electron chi connectivity index (χ4n) is 4.16. The van der Waals surface area contributed by atoms with Crippen molar-refractivity contribution in [3.8, 4) is 0 Å². The van der Waals surface area contributed by atoms with Gasteiger partial charge in [-0.3, -0.25) is 4.90 Å². The molecule has 2 heteroatoms. The van der Waals surface area contributed by atoms with Crippen LogP contribution in [0.15, 0.2) is 0 Å². The molecule has 1 heterocycles. The van der Waals surface area contributed by atoms with Crippen LogP contribution in [0.3, 0.4) is 0 Å². The lowest BCUT2D eigenvalue weighted by molar-refractivity contribution is 0.0403. The first-order chi connectivity index (χ1) is 8.22. The quantitative estimate of drug-likeness (QED) is 0.819. The maximum Gasteiger partial charge on any atom is 0.0146 e. The average molecular weight is 238 g/mol. The molecule has 1 aliphatic heterocycles. The first kappa shape index (κ1) is 13.4. The highest BCUT2D eigenvalue weighted by atomic mass is 15.2. The number of hydrogen-bond acceptors (Lipinski definition) is 2. The zero-order chi connectivity index (χ0) is 12.3. The molecule has 2 nitrogen and oxygen atoms in total. The maximum atomic E-state index is 5.67. The molecule has 0 bridgehead atoms. The Hall–Kier alpha value is -0.0800. The van der Waals surface area contributed by atoms with E-state index in [9.17, 15) is 0 Å². The van der Waals surface area contributed by atoms with E-state index in [0.29, 0.717) is 0 Å². The van der Waals surface area contributed by atoms with Crippen LogP contribution in [-0.2, 0) is 0 Å². The van der Waals surface area contributed by atoms with Gasteiger partial charge in [-0.2, -0.15) is 0 Å². The average Bonchev–Trinajstić information content (AvgIpc) is 2.31. The van der Waals surface area contributed by atoms with Crippen LogP contribution < -0.4 is 5.73 Å². The third kappa shape index (κ3) is 3.23. The van der Waals surface area contributed by atoms with Crippen LogP contribution in [0.4, 0.5) is 0 Å². The minimum absolute atomic E-state index is 0.863. The molecule has 2 unspecified atom stereocenters. The number of rotatable bonds is 3. The van der Waals surface area contributed by atoms with E-state index in [0.717, 1.165) is 30.3 Å². The van der Waals surface area contributed by atoms with Gasteiger partial charge in [-0.1, -0.05) is 20.3 Å². The lowest BCUT2D eigenvalue weighted by Crippen LogP contribution is -2.49. The van der Waals surface area contributed by atoms with Crippen LogP contribution in [0, 0.1) is 17.8 Å². The van der Waals surface area contributed by atoms with Crippen molar-refractivity contribution in [1.29, 1.82) is 0 Å². The SMILES string of the molecule is CC1CCCC(C)C1N1CCC(CCN)CC1. The second-order valence-corrected chi connectivity index (χ2v) is 6.43. The van der Waals surface area contributed by atoms with Gasteiger partial charge in [0.15, 0.2) is 0 Å². The Morgan fingerprint density at radius 2 is 1.59 bits per heavy atom. The zero-order valence-electron chi connectivity index (χ0n) is 11.7. The molecule has 0 spiro atoms. The fourth-order valence-corrected chi connectivity index (χ4v) is 4.16. The Morgan fingerprint density at radius 3 is 2.12 bits per heavy atom. The molecule has 2 atom stereocenters. The summed E-state index contributed by atoms with van der Waals surface area (Å²) in [4.78, 5) is 2.79. The maximum absolute atomic E-state index is 5.67. The third-order valence-electron chi connectivity index (χ3n) is 5.13. The third-order valence-corrected chi connectivity index (χ3v) is 5.13. The number of nitrogens with two attached hydrogens (primary N) is 1. The van der Waals surface area contributed by atoms with E-state index in [-0.39, 0.29) is 0 Å². The van der Waals surface area contributed by atoms with Crippen molar-refractivity contribution in [3.63, 3.8) is 0 Å². The second-order valence-electron chi connectivity index (χ2n) is 6.43. The summed E-state index contributed by atoms with van der Waals surface area (Å²) >= 11 is 0. The molecule has 2 N–H and O–H groups in total. The van der Waals surface area contributed by atoms with Crippen molar-refractivity contribution >= 4 is 0 Å². The van der Waals surface area contributed by atoms with E-state index in [2.05, 4.69) is 18.7 Å². The van der Waals surface area contributed by atoms with Gasteiger partial charge in [-0.05, 0) is 69.5 Å². The van der Waals surface area contributed by atoms with Gasteiger partial charge in [0, 0.05) is 6.04 Å². The summed E-state index contributed by atoms with van der Waals surface area (Å²) < 4.78 is 0. The van der Waals surface area contributed by atoms with E-state index in [4.69, 9.17) is 5.73 Å². The number of piperidine rings is 1. The molecular weight excluding hydrogens is 208 g/mol. The van der Waals surface area contributed by atoms with Crippen molar-refractivity contribution in [2.24, 2.45) is 23.5 Å². The van der Waals surface area contributed by atoms with Crippen LogP contribution in [0.25, 0.3) is 0 Å². The van der Waals surface area contributed by atoms with Gasteiger partial charge < -0.3 is 5.73 Å². The van der Waals surface area contributed by atoms with Gasteiger partial charge in [0.2, 0.25) is 0 Å². The van der Waals surface area contributed by atoms with Crippen molar-refractivity contribution in [3.05, 3.63) is 0 Å². The van der Waals surface area contributed by atoms with E-state index in [1.807, 2.05) is 0 Å². The summed E-state index contributed by atoms with van der Waals surface area (Å²) in [7, 11) is 0. The van der Waals surface area contributed by atoms with E-state index in [1.165, 1.54) is 51.6 Å². The van der Waals surface area contributed by atoms with E-state index < -0.39 is 0 Å². The summed E-state index contributed by atoms with van der Waals surface area (Å²) in [6, 6.07) is 0.863. The molecule has 0 aromatic carbocycles.